The fraction of sp³-hybridized carbons (Fsp3) is 0.963. The van der Waals surface area contributed by atoms with Crippen molar-refractivity contribution < 1.29 is 24.9 Å². The number of esters is 1. The Hall–Kier alpha value is -0.650. The summed E-state index contributed by atoms with van der Waals surface area (Å²) >= 11 is 0. The largest absolute Gasteiger partial charge is 0.469 e. The average Bonchev–Trinajstić information content (AvgIpc) is 3.09. The summed E-state index contributed by atoms with van der Waals surface area (Å²) in [5.41, 5.74) is -0.0219. The molecule has 0 saturated heterocycles. The number of fused-ring (bicyclic) bond motifs is 5. The Balaban J connectivity index is 1.63. The number of aliphatic hydroxyl groups excluding tert-OH is 3. The molecule has 3 N–H and O–H groups in total. The maximum Gasteiger partial charge on any atom is 0.305 e. The van der Waals surface area contributed by atoms with Crippen LogP contribution in [0.1, 0.15) is 85.5 Å². The Morgan fingerprint density at radius 2 is 1.81 bits per heavy atom. The van der Waals surface area contributed by atoms with E-state index in [0.717, 1.165) is 51.4 Å². The van der Waals surface area contributed by atoms with Gasteiger partial charge >= 0.3 is 5.97 Å². The first-order valence-electron chi connectivity index (χ1n) is 13.2. The lowest BCUT2D eigenvalue weighted by Gasteiger charge is -2.66. The third kappa shape index (κ3) is 3.65. The molecule has 184 valence electrons. The van der Waals surface area contributed by atoms with Crippen LogP contribution in [0.2, 0.25) is 0 Å². The molecule has 4 aliphatic rings. The van der Waals surface area contributed by atoms with Crippen molar-refractivity contribution in [3.8, 4) is 0 Å². The van der Waals surface area contributed by atoms with Crippen LogP contribution >= 0.6 is 0 Å². The summed E-state index contributed by atoms with van der Waals surface area (Å²) in [6.07, 6.45) is 6.63. The van der Waals surface area contributed by atoms with Gasteiger partial charge in [0.15, 0.2) is 0 Å². The zero-order valence-corrected chi connectivity index (χ0v) is 20.8. The standard InChI is InChI=1S/C27H46O5/c1-6-17-20-13-16(28)11-12-26(20,3)24-21(29)14-27(4)18(15(2)7-10-22(30)32-5)8-9-19(27)23(24)25(17)31/h15-21,23-25,28-29,31H,6-14H2,1-5H3/t15-,16?,17-,18-,19?,20+,21+,23?,24?,25-,26+,27-/m1/s1. The van der Waals surface area contributed by atoms with Gasteiger partial charge in [-0.2, -0.15) is 0 Å². The first kappa shape index (κ1) is 24.5. The third-order valence-corrected chi connectivity index (χ3v) is 11.1. The molecule has 32 heavy (non-hydrogen) atoms. The van der Waals surface area contributed by atoms with Gasteiger partial charge in [-0.25, -0.2) is 0 Å². The van der Waals surface area contributed by atoms with Gasteiger partial charge in [-0.3, -0.25) is 4.79 Å². The highest BCUT2D eigenvalue weighted by Crippen LogP contribution is 2.69. The van der Waals surface area contributed by atoms with Gasteiger partial charge in [0.25, 0.3) is 0 Å². The lowest BCUT2D eigenvalue weighted by atomic mass is 9.40. The van der Waals surface area contributed by atoms with Crippen LogP contribution in [0.5, 0.6) is 0 Å². The predicted molar refractivity (Wildman–Crippen MR) is 124 cm³/mol. The Morgan fingerprint density at radius 3 is 2.47 bits per heavy atom. The smallest absolute Gasteiger partial charge is 0.305 e. The first-order chi connectivity index (χ1) is 15.1. The molecule has 0 aromatic heterocycles. The number of carbonyl (C=O) groups excluding carboxylic acids is 1. The summed E-state index contributed by atoms with van der Waals surface area (Å²) in [4.78, 5) is 11.7. The molecule has 12 atom stereocenters. The highest BCUT2D eigenvalue weighted by atomic mass is 16.5. The van der Waals surface area contributed by atoms with Gasteiger partial charge in [0.05, 0.1) is 25.4 Å². The summed E-state index contributed by atoms with van der Waals surface area (Å²) in [5.74, 6) is 1.83. The van der Waals surface area contributed by atoms with E-state index in [9.17, 15) is 20.1 Å². The average molecular weight is 451 g/mol. The third-order valence-electron chi connectivity index (χ3n) is 11.1. The van der Waals surface area contributed by atoms with Crippen molar-refractivity contribution >= 4 is 5.97 Å². The molecule has 4 saturated carbocycles. The minimum absolute atomic E-state index is 0.00717. The molecule has 0 aromatic carbocycles. The van der Waals surface area contributed by atoms with Crippen LogP contribution in [0.15, 0.2) is 0 Å². The van der Waals surface area contributed by atoms with Crippen LogP contribution in [0, 0.1) is 52.3 Å². The second-order valence-corrected chi connectivity index (χ2v) is 12.4. The Morgan fingerprint density at radius 1 is 1.09 bits per heavy atom. The Labute approximate surface area is 194 Å². The predicted octanol–water partition coefficient (Wildman–Crippen LogP) is 4.17. The van der Waals surface area contributed by atoms with E-state index >= 15 is 0 Å². The van der Waals surface area contributed by atoms with Gasteiger partial charge in [-0.05, 0) is 97.2 Å². The van der Waals surface area contributed by atoms with Gasteiger partial charge in [-0.15, -0.1) is 0 Å². The molecule has 4 fully saturated rings. The van der Waals surface area contributed by atoms with Crippen molar-refractivity contribution in [1.82, 2.24) is 0 Å². The molecule has 0 heterocycles. The zero-order chi connectivity index (χ0) is 23.4. The monoisotopic (exact) mass is 450 g/mol. The van der Waals surface area contributed by atoms with Gasteiger partial charge < -0.3 is 20.1 Å². The van der Waals surface area contributed by atoms with E-state index < -0.39 is 12.2 Å². The molecule has 5 heteroatoms. The second-order valence-electron chi connectivity index (χ2n) is 12.4. The van der Waals surface area contributed by atoms with E-state index in [4.69, 9.17) is 4.74 Å². The molecule has 0 aliphatic heterocycles. The van der Waals surface area contributed by atoms with E-state index in [2.05, 4.69) is 27.7 Å². The minimum atomic E-state index is -0.412. The van der Waals surface area contributed by atoms with Crippen LogP contribution in [0.25, 0.3) is 0 Å². The summed E-state index contributed by atoms with van der Waals surface area (Å²) in [7, 11) is 1.45. The lowest BCUT2D eigenvalue weighted by molar-refractivity contribution is -0.235. The highest BCUT2D eigenvalue weighted by molar-refractivity contribution is 5.69. The number of hydrogen-bond donors (Lipinski definition) is 3. The second kappa shape index (κ2) is 8.85. The molecule has 4 unspecified atom stereocenters. The summed E-state index contributed by atoms with van der Waals surface area (Å²) < 4.78 is 4.86. The molecular formula is C27H46O5. The van der Waals surface area contributed by atoms with Gasteiger partial charge in [0, 0.05) is 6.42 Å². The zero-order valence-electron chi connectivity index (χ0n) is 20.8. The summed E-state index contributed by atoms with van der Waals surface area (Å²) in [6.45, 7) is 9.15. The quantitative estimate of drug-likeness (QED) is 0.547. The van der Waals surface area contributed by atoms with Crippen molar-refractivity contribution in [2.45, 2.75) is 104 Å². The van der Waals surface area contributed by atoms with Gasteiger partial charge in [0.2, 0.25) is 0 Å². The van der Waals surface area contributed by atoms with Crippen molar-refractivity contribution in [2.24, 2.45) is 52.3 Å². The van der Waals surface area contributed by atoms with Crippen molar-refractivity contribution in [3.05, 3.63) is 0 Å². The van der Waals surface area contributed by atoms with Crippen LogP contribution in [0.4, 0.5) is 0 Å². The van der Waals surface area contributed by atoms with E-state index in [1.54, 1.807) is 0 Å². The van der Waals surface area contributed by atoms with E-state index in [-0.39, 0.29) is 46.6 Å². The van der Waals surface area contributed by atoms with E-state index in [0.29, 0.717) is 24.2 Å². The first-order valence-corrected chi connectivity index (χ1v) is 13.2. The van der Waals surface area contributed by atoms with Crippen LogP contribution in [-0.2, 0) is 9.53 Å². The highest BCUT2D eigenvalue weighted by Gasteiger charge is 2.67. The molecule has 0 aromatic rings. The molecule has 0 amide bonds. The van der Waals surface area contributed by atoms with E-state index in [1.165, 1.54) is 7.11 Å². The Bertz CT molecular complexity index is 696. The molecule has 5 nitrogen and oxygen atoms in total. The van der Waals surface area contributed by atoms with Crippen LogP contribution in [0.3, 0.4) is 0 Å². The number of rotatable bonds is 5. The normalized spacial score (nSPS) is 51.3. The minimum Gasteiger partial charge on any atom is -0.469 e. The van der Waals surface area contributed by atoms with Gasteiger partial charge in [-0.1, -0.05) is 34.1 Å². The van der Waals surface area contributed by atoms with Gasteiger partial charge in [0.1, 0.15) is 0 Å². The van der Waals surface area contributed by atoms with Crippen LogP contribution in [-0.4, -0.2) is 46.7 Å². The molecular weight excluding hydrogens is 404 g/mol. The Kier molecular flexibility index (Phi) is 6.77. The van der Waals surface area contributed by atoms with Crippen molar-refractivity contribution in [2.75, 3.05) is 7.11 Å². The molecule has 0 bridgehead atoms. The topological polar surface area (TPSA) is 87.0 Å². The number of carbonyl (C=O) groups is 1. The fourth-order valence-electron chi connectivity index (χ4n) is 9.70. The molecule has 4 rings (SSSR count). The lowest BCUT2D eigenvalue weighted by Crippen LogP contribution is -2.65. The van der Waals surface area contributed by atoms with Crippen molar-refractivity contribution in [1.29, 1.82) is 0 Å². The summed E-state index contributed by atoms with van der Waals surface area (Å²) in [5, 5.41) is 33.9. The number of ether oxygens (including phenoxy) is 1. The fourth-order valence-corrected chi connectivity index (χ4v) is 9.70. The molecule has 0 spiro atoms. The molecule has 0 radical (unpaired) electrons. The maximum absolute atomic E-state index is 11.8. The van der Waals surface area contributed by atoms with E-state index in [1.807, 2.05) is 0 Å². The van der Waals surface area contributed by atoms with Crippen molar-refractivity contribution in [3.63, 3.8) is 0 Å². The number of methoxy groups -OCH3 is 1. The molecule has 4 aliphatic carbocycles. The number of hydrogen-bond acceptors (Lipinski definition) is 5. The van der Waals surface area contributed by atoms with Crippen LogP contribution < -0.4 is 0 Å². The summed E-state index contributed by atoms with van der Waals surface area (Å²) in [6, 6.07) is 0. The SMILES string of the molecule is CC[C@H]1[C@@H](O)C2C3CC[C@H]([C@H](C)CCC(=O)OC)[C@@]3(C)C[C@H](O)C2[C@@]2(C)CCC(O)C[C@@H]12. The number of aliphatic hydroxyl groups is 3. The maximum atomic E-state index is 11.8.